The molecule has 2 rings (SSSR count). The Hall–Kier alpha value is -0.280. The van der Waals surface area contributed by atoms with E-state index in [-0.39, 0.29) is 23.9 Å². The first-order chi connectivity index (χ1) is 5.22. The van der Waals surface area contributed by atoms with Crippen LogP contribution in [0.25, 0.3) is 0 Å². The number of rotatable bonds is 1. The third kappa shape index (κ3) is 1.72. The van der Waals surface area contributed by atoms with E-state index in [4.69, 9.17) is 5.11 Å². The maximum atomic E-state index is 10.6. The lowest BCUT2D eigenvalue weighted by Crippen LogP contribution is -2.42. The van der Waals surface area contributed by atoms with Crippen molar-refractivity contribution >= 4 is 18.4 Å². The molecule has 70 valence electrons. The van der Waals surface area contributed by atoms with E-state index in [0.717, 1.165) is 19.4 Å². The largest absolute Gasteiger partial charge is 0.481 e. The van der Waals surface area contributed by atoms with Gasteiger partial charge in [0.05, 0.1) is 5.92 Å². The van der Waals surface area contributed by atoms with Gasteiger partial charge < -0.3 is 10.4 Å². The third-order valence-electron chi connectivity index (χ3n) is 2.83. The second kappa shape index (κ2) is 3.23. The lowest BCUT2D eigenvalue weighted by molar-refractivity contribution is -0.143. The van der Waals surface area contributed by atoms with Crippen LogP contribution in [-0.4, -0.2) is 23.2 Å². The molecule has 1 saturated carbocycles. The van der Waals surface area contributed by atoms with E-state index in [0.29, 0.717) is 0 Å². The number of piperidine rings is 1. The van der Waals surface area contributed by atoms with Crippen LogP contribution in [0.1, 0.15) is 25.7 Å². The molecule has 1 unspecified atom stereocenters. The van der Waals surface area contributed by atoms with Gasteiger partial charge in [-0.15, -0.1) is 12.4 Å². The number of hydrogen-bond acceptors (Lipinski definition) is 2. The second-order valence-electron chi connectivity index (χ2n) is 3.74. The fraction of sp³-hybridized carbons (Fsp3) is 0.875. The Morgan fingerprint density at radius 2 is 2.17 bits per heavy atom. The number of nitrogens with one attached hydrogen (secondary N) is 1. The zero-order valence-electron chi connectivity index (χ0n) is 6.88. The van der Waals surface area contributed by atoms with Gasteiger partial charge in [0, 0.05) is 5.54 Å². The molecule has 0 radical (unpaired) electrons. The molecule has 0 aromatic heterocycles. The van der Waals surface area contributed by atoms with Gasteiger partial charge >= 0.3 is 5.97 Å². The maximum absolute atomic E-state index is 10.6. The van der Waals surface area contributed by atoms with Gasteiger partial charge in [-0.1, -0.05) is 0 Å². The molecule has 1 aliphatic heterocycles. The van der Waals surface area contributed by atoms with Gasteiger partial charge in [-0.25, -0.2) is 0 Å². The van der Waals surface area contributed by atoms with Crippen molar-refractivity contribution in [3.05, 3.63) is 0 Å². The minimum Gasteiger partial charge on any atom is -0.481 e. The van der Waals surface area contributed by atoms with E-state index in [9.17, 15) is 4.79 Å². The summed E-state index contributed by atoms with van der Waals surface area (Å²) < 4.78 is 0. The van der Waals surface area contributed by atoms with Crippen LogP contribution in [0.3, 0.4) is 0 Å². The van der Waals surface area contributed by atoms with E-state index >= 15 is 0 Å². The molecule has 1 spiro atoms. The molecular weight excluding hydrogens is 178 g/mol. The Morgan fingerprint density at radius 1 is 1.50 bits per heavy atom. The summed E-state index contributed by atoms with van der Waals surface area (Å²) in [5.74, 6) is -0.698. The summed E-state index contributed by atoms with van der Waals surface area (Å²) in [7, 11) is 0. The summed E-state index contributed by atoms with van der Waals surface area (Å²) in [5, 5.41) is 12.2. The molecule has 0 aromatic carbocycles. The van der Waals surface area contributed by atoms with Crippen molar-refractivity contribution in [2.75, 3.05) is 6.54 Å². The summed E-state index contributed by atoms with van der Waals surface area (Å²) in [6.45, 7) is 0.886. The van der Waals surface area contributed by atoms with Crippen molar-refractivity contribution in [1.29, 1.82) is 0 Å². The molecule has 12 heavy (non-hydrogen) atoms. The number of carboxylic acids is 1. The summed E-state index contributed by atoms with van der Waals surface area (Å²) in [4.78, 5) is 10.6. The van der Waals surface area contributed by atoms with Crippen molar-refractivity contribution in [1.82, 2.24) is 5.32 Å². The highest BCUT2D eigenvalue weighted by Gasteiger charge is 2.47. The van der Waals surface area contributed by atoms with Crippen LogP contribution in [0.15, 0.2) is 0 Å². The van der Waals surface area contributed by atoms with Gasteiger partial charge in [0.15, 0.2) is 0 Å². The van der Waals surface area contributed by atoms with Crippen LogP contribution in [0.2, 0.25) is 0 Å². The van der Waals surface area contributed by atoms with Crippen molar-refractivity contribution in [2.45, 2.75) is 31.2 Å². The van der Waals surface area contributed by atoms with Gasteiger partial charge in [0.2, 0.25) is 0 Å². The molecule has 1 atom stereocenters. The number of hydrogen-bond donors (Lipinski definition) is 2. The van der Waals surface area contributed by atoms with Crippen molar-refractivity contribution in [3.8, 4) is 0 Å². The first-order valence-corrected chi connectivity index (χ1v) is 4.20. The summed E-state index contributed by atoms with van der Waals surface area (Å²) in [6.07, 6.45) is 4.01. The lowest BCUT2D eigenvalue weighted by Gasteiger charge is -2.27. The quantitative estimate of drug-likeness (QED) is 0.651. The SMILES string of the molecule is Cl.O=C(O)C1CCNC2(CC2)C1. The Balaban J connectivity index is 0.000000720. The normalized spacial score (nSPS) is 30.8. The molecular formula is C8H14ClNO2. The average molecular weight is 192 g/mol. The fourth-order valence-electron chi connectivity index (χ4n) is 1.90. The van der Waals surface area contributed by atoms with Gasteiger partial charge in [-0.2, -0.15) is 0 Å². The van der Waals surface area contributed by atoms with Crippen LogP contribution >= 0.6 is 12.4 Å². The first-order valence-electron chi connectivity index (χ1n) is 4.20. The van der Waals surface area contributed by atoms with Gasteiger partial charge in [-0.3, -0.25) is 4.79 Å². The maximum Gasteiger partial charge on any atom is 0.306 e. The Bertz CT molecular complexity index is 191. The van der Waals surface area contributed by atoms with E-state index in [2.05, 4.69) is 5.32 Å². The highest BCUT2D eigenvalue weighted by atomic mass is 35.5. The zero-order chi connectivity index (χ0) is 7.90. The molecule has 0 aromatic rings. The summed E-state index contributed by atoms with van der Waals surface area (Å²) in [5.41, 5.74) is 0.251. The number of halogens is 1. The molecule has 0 amide bonds. The molecule has 1 saturated heterocycles. The van der Waals surface area contributed by atoms with Crippen molar-refractivity contribution in [2.24, 2.45) is 5.92 Å². The number of carbonyl (C=O) groups is 1. The predicted octanol–water partition coefficient (Wildman–Crippen LogP) is 1.02. The van der Waals surface area contributed by atoms with Gasteiger partial charge in [0.25, 0.3) is 0 Å². The first kappa shape index (κ1) is 9.81. The average Bonchev–Trinajstić information content (AvgIpc) is 2.69. The zero-order valence-corrected chi connectivity index (χ0v) is 7.69. The topological polar surface area (TPSA) is 49.3 Å². The van der Waals surface area contributed by atoms with Crippen LogP contribution in [0.4, 0.5) is 0 Å². The van der Waals surface area contributed by atoms with Crippen molar-refractivity contribution in [3.63, 3.8) is 0 Å². The molecule has 4 heteroatoms. The lowest BCUT2D eigenvalue weighted by atomic mass is 9.91. The van der Waals surface area contributed by atoms with Crippen LogP contribution in [-0.2, 0) is 4.79 Å². The van der Waals surface area contributed by atoms with E-state index < -0.39 is 5.97 Å². The summed E-state index contributed by atoms with van der Waals surface area (Å²) >= 11 is 0. The molecule has 1 aliphatic carbocycles. The van der Waals surface area contributed by atoms with E-state index in [1.165, 1.54) is 12.8 Å². The third-order valence-corrected chi connectivity index (χ3v) is 2.83. The highest BCUT2D eigenvalue weighted by molar-refractivity contribution is 5.85. The second-order valence-corrected chi connectivity index (χ2v) is 3.74. The number of carboxylic acid groups (broad SMARTS) is 1. The van der Waals surface area contributed by atoms with E-state index in [1.807, 2.05) is 0 Å². The predicted molar refractivity (Wildman–Crippen MR) is 47.6 cm³/mol. The molecule has 1 heterocycles. The van der Waals surface area contributed by atoms with Gasteiger partial charge in [-0.05, 0) is 32.2 Å². The Kier molecular flexibility index (Phi) is 2.64. The summed E-state index contributed by atoms with van der Waals surface area (Å²) in [6, 6.07) is 0. The standard InChI is InChI=1S/C8H13NO2.ClH/c10-7(11)6-1-4-9-8(5-6)2-3-8;/h6,9H,1-5H2,(H,10,11);1H. The molecule has 2 aliphatic rings. The smallest absolute Gasteiger partial charge is 0.306 e. The molecule has 2 fully saturated rings. The Morgan fingerprint density at radius 3 is 2.67 bits per heavy atom. The highest BCUT2D eigenvalue weighted by Crippen LogP contribution is 2.43. The van der Waals surface area contributed by atoms with Gasteiger partial charge in [0.1, 0.15) is 0 Å². The molecule has 2 N–H and O–H groups in total. The molecule has 3 nitrogen and oxygen atoms in total. The molecule has 0 bridgehead atoms. The Labute approximate surface area is 77.9 Å². The fourth-order valence-corrected chi connectivity index (χ4v) is 1.90. The van der Waals surface area contributed by atoms with Crippen molar-refractivity contribution < 1.29 is 9.90 Å². The van der Waals surface area contributed by atoms with Crippen LogP contribution in [0.5, 0.6) is 0 Å². The van der Waals surface area contributed by atoms with Crippen LogP contribution in [0, 0.1) is 5.92 Å². The minimum absolute atomic E-state index is 0. The van der Waals surface area contributed by atoms with Crippen LogP contribution < -0.4 is 5.32 Å². The minimum atomic E-state index is -0.613. The van der Waals surface area contributed by atoms with E-state index in [1.54, 1.807) is 0 Å². The monoisotopic (exact) mass is 191 g/mol. The number of aliphatic carboxylic acids is 1.